The van der Waals surface area contributed by atoms with Gasteiger partial charge in [-0.05, 0) is 25.7 Å². The zero-order valence-electron chi connectivity index (χ0n) is 12.3. The van der Waals surface area contributed by atoms with Crippen molar-refractivity contribution in [2.24, 2.45) is 5.92 Å². The first-order valence-corrected chi connectivity index (χ1v) is 7.53. The van der Waals surface area contributed by atoms with Crippen LogP contribution in [-0.2, 0) is 11.3 Å². The highest BCUT2D eigenvalue weighted by Crippen LogP contribution is 2.33. The lowest BCUT2D eigenvalue weighted by Crippen LogP contribution is -2.24. The summed E-state index contributed by atoms with van der Waals surface area (Å²) >= 11 is 0. The maximum Gasteiger partial charge on any atom is 0.0951 e. The average Bonchev–Trinajstić information content (AvgIpc) is 2.92. The van der Waals surface area contributed by atoms with E-state index in [-0.39, 0.29) is 0 Å². The molecule has 108 valence electrons. The number of nitrogens with zero attached hydrogens (tertiary/aromatic N) is 2. The number of rotatable bonds is 7. The van der Waals surface area contributed by atoms with Crippen LogP contribution in [0.2, 0.25) is 0 Å². The number of ether oxygens (including phenoxy) is 1. The van der Waals surface area contributed by atoms with Gasteiger partial charge in [0.1, 0.15) is 0 Å². The van der Waals surface area contributed by atoms with Crippen molar-refractivity contribution in [3.63, 3.8) is 0 Å². The van der Waals surface area contributed by atoms with Crippen LogP contribution in [0.4, 0.5) is 0 Å². The van der Waals surface area contributed by atoms with Gasteiger partial charge in [0, 0.05) is 32.4 Å². The molecule has 4 nitrogen and oxygen atoms in total. The van der Waals surface area contributed by atoms with E-state index in [4.69, 9.17) is 4.74 Å². The molecule has 1 aromatic rings. The van der Waals surface area contributed by atoms with E-state index in [1.165, 1.54) is 37.8 Å². The monoisotopic (exact) mass is 265 g/mol. The summed E-state index contributed by atoms with van der Waals surface area (Å²) < 4.78 is 7.41. The van der Waals surface area contributed by atoms with E-state index in [2.05, 4.69) is 21.8 Å². The van der Waals surface area contributed by atoms with Crippen molar-refractivity contribution >= 4 is 0 Å². The minimum Gasteiger partial charge on any atom is -0.383 e. The maximum atomic E-state index is 5.05. The Hall–Kier alpha value is -0.870. The summed E-state index contributed by atoms with van der Waals surface area (Å²) in [5, 5.41) is 3.40. The lowest BCUT2D eigenvalue weighted by Gasteiger charge is -2.29. The second-order valence-corrected chi connectivity index (χ2v) is 5.60. The molecule has 0 saturated heterocycles. The summed E-state index contributed by atoms with van der Waals surface area (Å²) in [6.07, 6.45) is 10.9. The highest BCUT2D eigenvalue weighted by Gasteiger charge is 2.22. The van der Waals surface area contributed by atoms with E-state index < -0.39 is 0 Å². The molecule has 1 N–H and O–H groups in total. The Kier molecular flexibility index (Phi) is 5.86. The fraction of sp³-hybridized carbons (Fsp3) is 0.800. The second-order valence-electron chi connectivity index (χ2n) is 5.60. The molecule has 0 aliphatic heterocycles. The highest BCUT2D eigenvalue weighted by molar-refractivity contribution is 5.00. The quantitative estimate of drug-likeness (QED) is 0.771. The number of hydrogen-bond acceptors (Lipinski definition) is 3. The fourth-order valence-electron chi connectivity index (χ4n) is 3.07. The van der Waals surface area contributed by atoms with Crippen molar-refractivity contribution in [3.8, 4) is 0 Å². The van der Waals surface area contributed by atoms with Crippen LogP contribution in [0.3, 0.4) is 0 Å². The Morgan fingerprint density at radius 1 is 1.42 bits per heavy atom. The molecule has 0 spiro atoms. The van der Waals surface area contributed by atoms with Gasteiger partial charge in [-0.2, -0.15) is 0 Å². The highest BCUT2D eigenvalue weighted by atomic mass is 16.5. The maximum absolute atomic E-state index is 5.05. The SMILES string of the molecule is COCCNCc1cncn1C(C)C1CCCCC1. The van der Waals surface area contributed by atoms with Gasteiger partial charge in [0.25, 0.3) is 0 Å². The van der Waals surface area contributed by atoms with Crippen molar-refractivity contribution in [2.75, 3.05) is 20.3 Å². The van der Waals surface area contributed by atoms with Gasteiger partial charge in [0.05, 0.1) is 18.6 Å². The molecule has 0 bridgehead atoms. The summed E-state index contributed by atoms with van der Waals surface area (Å²) in [6, 6.07) is 0.571. The standard InChI is InChI=1S/C15H27N3O/c1-13(14-6-4-3-5-7-14)18-12-17-11-15(18)10-16-8-9-19-2/h11-14,16H,3-10H2,1-2H3. The third kappa shape index (κ3) is 4.05. The number of hydrogen-bond donors (Lipinski definition) is 1. The van der Waals surface area contributed by atoms with Crippen molar-refractivity contribution in [1.82, 2.24) is 14.9 Å². The molecular weight excluding hydrogens is 238 g/mol. The molecule has 1 unspecified atom stereocenters. The van der Waals surface area contributed by atoms with E-state index >= 15 is 0 Å². The molecule has 1 aliphatic carbocycles. The molecule has 0 radical (unpaired) electrons. The summed E-state index contributed by atoms with van der Waals surface area (Å²) in [6.45, 7) is 4.86. The lowest BCUT2D eigenvalue weighted by atomic mass is 9.84. The van der Waals surface area contributed by atoms with E-state index in [0.717, 1.165) is 25.6 Å². The van der Waals surface area contributed by atoms with Crippen LogP contribution in [0, 0.1) is 5.92 Å². The van der Waals surface area contributed by atoms with Crippen LogP contribution < -0.4 is 5.32 Å². The molecule has 4 heteroatoms. The second kappa shape index (κ2) is 7.65. The van der Waals surface area contributed by atoms with Gasteiger partial charge in [-0.15, -0.1) is 0 Å². The molecule has 1 aromatic heterocycles. The topological polar surface area (TPSA) is 39.1 Å². The van der Waals surface area contributed by atoms with Gasteiger partial charge < -0.3 is 14.6 Å². The first-order valence-electron chi connectivity index (χ1n) is 7.53. The van der Waals surface area contributed by atoms with Gasteiger partial charge >= 0.3 is 0 Å². The molecule has 0 aromatic carbocycles. The van der Waals surface area contributed by atoms with Gasteiger partial charge in [-0.3, -0.25) is 0 Å². The van der Waals surface area contributed by atoms with Crippen molar-refractivity contribution in [1.29, 1.82) is 0 Å². The molecule has 0 amide bonds. The summed E-state index contributed by atoms with van der Waals surface area (Å²) in [4.78, 5) is 4.33. The van der Waals surface area contributed by atoms with Crippen LogP contribution in [0.25, 0.3) is 0 Å². The Labute approximate surface area is 116 Å². The van der Waals surface area contributed by atoms with Gasteiger partial charge in [0.2, 0.25) is 0 Å². The van der Waals surface area contributed by atoms with E-state index in [9.17, 15) is 0 Å². The Balaban J connectivity index is 1.90. The number of nitrogens with one attached hydrogen (secondary N) is 1. The first-order chi connectivity index (χ1) is 9.33. The van der Waals surface area contributed by atoms with Crippen molar-refractivity contribution in [2.45, 2.75) is 51.6 Å². The van der Waals surface area contributed by atoms with Crippen LogP contribution in [0.1, 0.15) is 50.8 Å². The molecule has 1 aliphatic rings. The van der Waals surface area contributed by atoms with Crippen molar-refractivity contribution in [3.05, 3.63) is 18.2 Å². The third-order valence-corrected chi connectivity index (χ3v) is 4.31. The first kappa shape index (κ1) is 14.5. The van der Waals surface area contributed by atoms with Crippen LogP contribution in [0.15, 0.2) is 12.5 Å². The Bertz CT molecular complexity index is 358. The van der Waals surface area contributed by atoms with Gasteiger partial charge in [-0.25, -0.2) is 4.98 Å². The minimum atomic E-state index is 0.571. The van der Waals surface area contributed by atoms with Crippen LogP contribution in [-0.4, -0.2) is 29.8 Å². The average molecular weight is 265 g/mol. The van der Waals surface area contributed by atoms with Gasteiger partial charge in [0.15, 0.2) is 0 Å². The molecule has 1 heterocycles. The minimum absolute atomic E-state index is 0.571. The normalized spacial score (nSPS) is 18.6. The number of aromatic nitrogens is 2. The Morgan fingerprint density at radius 3 is 2.95 bits per heavy atom. The zero-order chi connectivity index (χ0) is 13.5. The summed E-state index contributed by atoms with van der Waals surface area (Å²) in [5.41, 5.74) is 1.29. The number of imidazole rings is 1. The number of methoxy groups -OCH3 is 1. The van der Waals surface area contributed by atoms with E-state index in [0.29, 0.717) is 6.04 Å². The fourth-order valence-corrected chi connectivity index (χ4v) is 3.07. The molecule has 1 saturated carbocycles. The predicted octanol–water partition coefficient (Wildman–Crippen LogP) is 2.76. The molecule has 2 rings (SSSR count). The van der Waals surface area contributed by atoms with Crippen molar-refractivity contribution < 1.29 is 4.74 Å². The van der Waals surface area contributed by atoms with E-state index in [1.54, 1.807) is 7.11 Å². The molecular formula is C15H27N3O. The van der Waals surface area contributed by atoms with Crippen LogP contribution >= 0.6 is 0 Å². The smallest absolute Gasteiger partial charge is 0.0951 e. The third-order valence-electron chi connectivity index (χ3n) is 4.31. The molecule has 1 fully saturated rings. The molecule has 19 heavy (non-hydrogen) atoms. The lowest BCUT2D eigenvalue weighted by molar-refractivity contribution is 0.198. The summed E-state index contributed by atoms with van der Waals surface area (Å²) in [7, 11) is 1.73. The Morgan fingerprint density at radius 2 is 2.21 bits per heavy atom. The summed E-state index contributed by atoms with van der Waals surface area (Å²) in [5.74, 6) is 0.820. The van der Waals surface area contributed by atoms with E-state index in [1.807, 2.05) is 12.5 Å². The van der Waals surface area contributed by atoms with Gasteiger partial charge in [-0.1, -0.05) is 19.3 Å². The molecule has 1 atom stereocenters. The zero-order valence-corrected chi connectivity index (χ0v) is 12.3. The van der Waals surface area contributed by atoms with Crippen LogP contribution in [0.5, 0.6) is 0 Å². The predicted molar refractivity (Wildman–Crippen MR) is 77.1 cm³/mol. The largest absolute Gasteiger partial charge is 0.383 e.